The maximum Gasteiger partial charge on any atom is 0.220 e. The molecular formula is C25H51NO. The molecule has 0 saturated carbocycles. The summed E-state index contributed by atoms with van der Waals surface area (Å²) in [6, 6.07) is 0. The Balaban J connectivity index is 3.29. The van der Waals surface area contributed by atoms with E-state index in [1.165, 1.54) is 103 Å². The molecule has 0 aliphatic carbocycles. The number of rotatable bonds is 20. The zero-order valence-corrected chi connectivity index (χ0v) is 19.3. The summed E-state index contributed by atoms with van der Waals surface area (Å²) in [4.78, 5) is 12.0. The number of nitrogens with one attached hydrogen (secondary N) is 1. The minimum Gasteiger partial charge on any atom is -0.351 e. The third-order valence-electron chi connectivity index (χ3n) is 5.64. The Hall–Kier alpha value is -0.530. The molecule has 0 fully saturated rings. The van der Waals surface area contributed by atoms with E-state index >= 15 is 0 Å². The fourth-order valence-corrected chi connectivity index (χ4v) is 3.78. The lowest BCUT2D eigenvalue weighted by molar-refractivity contribution is -0.122. The van der Waals surface area contributed by atoms with Crippen molar-refractivity contribution in [3.05, 3.63) is 0 Å². The zero-order chi connectivity index (χ0) is 20.2. The molecule has 0 radical (unpaired) electrons. The van der Waals surface area contributed by atoms with Crippen LogP contribution in [0.15, 0.2) is 0 Å². The summed E-state index contributed by atoms with van der Waals surface area (Å²) >= 11 is 0. The first-order valence-electron chi connectivity index (χ1n) is 12.3. The normalized spacial score (nSPS) is 11.7. The van der Waals surface area contributed by atoms with Crippen LogP contribution < -0.4 is 5.32 Å². The van der Waals surface area contributed by atoms with Crippen LogP contribution in [0.4, 0.5) is 0 Å². The topological polar surface area (TPSA) is 29.1 Å². The molecule has 27 heavy (non-hydrogen) atoms. The smallest absolute Gasteiger partial charge is 0.220 e. The molecule has 2 nitrogen and oxygen atoms in total. The van der Waals surface area contributed by atoms with Crippen molar-refractivity contribution in [1.29, 1.82) is 0 Å². The second-order valence-corrected chi connectivity index (χ2v) is 9.24. The van der Waals surface area contributed by atoms with E-state index in [9.17, 15) is 4.79 Å². The molecular weight excluding hydrogens is 330 g/mol. The summed E-state index contributed by atoms with van der Waals surface area (Å²) in [5.41, 5.74) is -0.0391. The third kappa shape index (κ3) is 20.0. The molecule has 0 spiro atoms. The predicted molar refractivity (Wildman–Crippen MR) is 121 cm³/mol. The average Bonchev–Trinajstić information content (AvgIpc) is 2.63. The van der Waals surface area contributed by atoms with Gasteiger partial charge in [0.15, 0.2) is 0 Å². The third-order valence-corrected chi connectivity index (χ3v) is 5.64. The highest BCUT2D eigenvalue weighted by Crippen LogP contribution is 2.15. The highest BCUT2D eigenvalue weighted by molar-refractivity contribution is 5.76. The van der Waals surface area contributed by atoms with Crippen molar-refractivity contribution in [2.24, 2.45) is 0 Å². The highest BCUT2D eigenvalue weighted by Gasteiger charge is 2.18. The molecule has 1 N–H and O–H groups in total. The molecule has 0 atom stereocenters. The Labute approximate surface area is 171 Å². The molecule has 0 aliphatic heterocycles. The van der Waals surface area contributed by atoms with Crippen molar-refractivity contribution < 1.29 is 4.79 Å². The number of carbonyl (C=O) groups is 1. The van der Waals surface area contributed by atoms with Gasteiger partial charge in [0, 0.05) is 12.0 Å². The van der Waals surface area contributed by atoms with Crippen LogP contribution >= 0.6 is 0 Å². The Kier molecular flexibility index (Phi) is 18.4. The number of hydrogen-bond acceptors (Lipinski definition) is 1. The SMILES string of the molecule is CCCCCCCCCCCCCCCCCC(=O)NC(C)(C)CCCC. The number of hydrogen-bond donors (Lipinski definition) is 1. The number of unbranched alkanes of at least 4 members (excludes halogenated alkanes) is 15. The van der Waals surface area contributed by atoms with Crippen LogP contribution in [0.3, 0.4) is 0 Å². The fourth-order valence-electron chi connectivity index (χ4n) is 3.78. The maximum absolute atomic E-state index is 12.0. The summed E-state index contributed by atoms with van der Waals surface area (Å²) in [5, 5.41) is 3.20. The predicted octanol–water partition coefficient (Wildman–Crippen LogP) is 8.33. The lowest BCUT2D eigenvalue weighted by Crippen LogP contribution is -2.43. The quantitative estimate of drug-likeness (QED) is 0.211. The van der Waals surface area contributed by atoms with Crippen molar-refractivity contribution in [2.75, 3.05) is 0 Å². The van der Waals surface area contributed by atoms with E-state index in [4.69, 9.17) is 0 Å². The van der Waals surface area contributed by atoms with Gasteiger partial charge in [-0.1, -0.05) is 117 Å². The Morgan fingerprint density at radius 3 is 1.37 bits per heavy atom. The monoisotopic (exact) mass is 381 g/mol. The summed E-state index contributed by atoms with van der Waals surface area (Å²) < 4.78 is 0. The van der Waals surface area contributed by atoms with Crippen molar-refractivity contribution >= 4 is 5.91 Å². The zero-order valence-electron chi connectivity index (χ0n) is 19.3. The van der Waals surface area contributed by atoms with Crippen molar-refractivity contribution in [2.45, 2.75) is 155 Å². The number of carbonyl (C=O) groups excluding carboxylic acids is 1. The van der Waals surface area contributed by atoms with Crippen LogP contribution in [-0.2, 0) is 4.79 Å². The summed E-state index contributed by atoms with van der Waals surface area (Å²) in [5.74, 6) is 0.241. The molecule has 162 valence electrons. The first kappa shape index (κ1) is 26.5. The van der Waals surface area contributed by atoms with Crippen LogP contribution in [0.1, 0.15) is 150 Å². The van der Waals surface area contributed by atoms with Crippen molar-refractivity contribution in [3.8, 4) is 0 Å². The van der Waals surface area contributed by atoms with E-state index in [0.29, 0.717) is 6.42 Å². The second-order valence-electron chi connectivity index (χ2n) is 9.24. The van der Waals surface area contributed by atoms with Gasteiger partial charge in [-0.3, -0.25) is 4.79 Å². The van der Waals surface area contributed by atoms with Gasteiger partial charge in [0.2, 0.25) is 5.91 Å². The van der Waals surface area contributed by atoms with Gasteiger partial charge in [0.25, 0.3) is 0 Å². The van der Waals surface area contributed by atoms with E-state index in [-0.39, 0.29) is 11.4 Å². The maximum atomic E-state index is 12.0. The lowest BCUT2D eigenvalue weighted by atomic mass is 9.97. The lowest BCUT2D eigenvalue weighted by Gasteiger charge is -2.26. The van der Waals surface area contributed by atoms with E-state index < -0.39 is 0 Å². The van der Waals surface area contributed by atoms with Gasteiger partial charge in [-0.05, 0) is 26.7 Å². The molecule has 1 amide bonds. The van der Waals surface area contributed by atoms with Crippen LogP contribution in [0.2, 0.25) is 0 Å². The fraction of sp³-hybridized carbons (Fsp3) is 0.960. The summed E-state index contributed by atoms with van der Waals surface area (Å²) in [7, 11) is 0. The molecule has 0 unspecified atom stereocenters. The van der Waals surface area contributed by atoms with Crippen molar-refractivity contribution in [3.63, 3.8) is 0 Å². The van der Waals surface area contributed by atoms with E-state index in [0.717, 1.165) is 12.8 Å². The first-order chi connectivity index (χ1) is 13.0. The molecule has 0 bridgehead atoms. The van der Waals surface area contributed by atoms with Gasteiger partial charge in [-0.2, -0.15) is 0 Å². The van der Waals surface area contributed by atoms with E-state index in [2.05, 4.69) is 33.0 Å². The molecule has 0 aromatic carbocycles. The first-order valence-corrected chi connectivity index (χ1v) is 12.3. The highest BCUT2D eigenvalue weighted by atomic mass is 16.1. The van der Waals surface area contributed by atoms with Gasteiger partial charge in [0.05, 0.1) is 0 Å². The van der Waals surface area contributed by atoms with E-state index in [1.54, 1.807) is 0 Å². The Morgan fingerprint density at radius 2 is 0.963 bits per heavy atom. The second kappa shape index (κ2) is 18.8. The minimum atomic E-state index is -0.0391. The largest absolute Gasteiger partial charge is 0.351 e. The van der Waals surface area contributed by atoms with Crippen molar-refractivity contribution in [1.82, 2.24) is 5.32 Å². The average molecular weight is 382 g/mol. The summed E-state index contributed by atoms with van der Waals surface area (Å²) in [6.45, 7) is 8.78. The molecule has 0 aromatic rings. The standard InChI is InChI=1S/C25H51NO/c1-5-7-9-10-11-12-13-14-15-16-17-18-19-20-21-22-24(27)26-25(3,4)23-8-6-2/h5-23H2,1-4H3,(H,26,27). The summed E-state index contributed by atoms with van der Waals surface area (Å²) in [6.07, 6.45) is 24.7. The molecule has 0 saturated heterocycles. The molecule has 0 aromatic heterocycles. The molecule has 0 aliphatic rings. The minimum absolute atomic E-state index is 0.0391. The van der Waals surface area contributed by atoms with Crippen LogP contribution in [0.25, 0.3) is 0 Å². The Morgan fingerprint density at radius 1 is 0.593 bits per heavy atom. The van der Waals surface area contributed by atoms with Gasteiger partial charge in [0.1, 0.15) is 0 Å². The van der Waals surface area contributed by atoms with Gasteiger partial charge in [-0.25, -0.2) is 0 Å². The van der Waals surface area contributed by atoms with Crippen LogP contribution in [-0.4, -0.2) is 11.4 Å². The van der Waals surface area contributed by atoms with E-state index in [1.807, 2.05) is 0 Å². The van der Waals surface area contributed by atoms with Gasteiger partial charge < -0.3 is 5.32 Å². The van der Waals surface area contributed by atoms with Gasteiger partial charge in [-0.15, -0.1) is 0 Å². The molecule has 0 heterocycles. The van der Waals surface area contributed by atoms with Crippen LogP contribution in [0, 0.1) is 0 Å². The molecule has 0 rings (SSSR count). The number of amides is 1. The van der Waals surface area contributed by atoms with Crippen LogP contribution in [0.5, 0.6) is 0 Å². The Bertz CT molecular complexity index is 324. The van der Waals surface area contributed by atoms with Gasteiger partial charge >= 0.3 is 0 Å². The molecule has 2 heteroatoms.